The molecule has 5 rings (SSSR count). The number of aromatic hydroxyl groups is 1. The third-order valence-corrected chi connectivity index (χ3v) is 7.11. The number of hydrogen-bond donors (Lipinski definition) is 1. The van der Waals surface area contributed by atoms with E-state index in [0.29, 0.717) is 33.8 Å². The van der Waals surface area contributed by atoms with E-state index in [4.69, 9.17) is 14.3 Å². The van der Waals surface area contributed by atoms with Crippen molar-refractivity contribution in [3.63, 3.8) is 0 Å². The maximum Gasteiger partial charge on any atom is 0.271 e. The molecule has 2 saturated heterocycles. The van der Waals surface area contributed by atoms with Crippen LogP contribution in [-0.4, -0.2) is 41.2 Å². The van der Waals surface area contributed by atoms with Gasteiger partial charge in [-0.2, -0.15) is 0 Å². The minimum Gasteiger partial charge on any atom is -0.503 e. The number of hydroxylamine groups is 1. The van der Waals surface area contributed by atoms with Gasteiger partial charge in [0.15, 0.2) is 17.6 Å². The molecule has 11 nitrogen and oxygen atoms in total. The summed E-state index contributed by atoms with van der Waals surface area (Å²) in [4.78, 5) is 45.5. The molecule has 2 aliphatic rings. The van der Waals surface area contributed by atoms with Crippen LogP contribution in [0.25, 0.3) is 0 Å². The van der Waals surface area contributed by atoms with Gasteiger partial charge < -0.3 is 14.6 Å². The van der Waals surface area contributed by atoms with Crippen molar-refractivity contribution in [2.75, 3.05) is 23.2 Å². The third-order valence-electron chi connectivity index (χ3n) is 6.51. The Hall–Kier alpha value is -4.16. The number of imide groups is 1. The summed E-state index contributed by atoms with van der Waals surface area (Å²) in [5.74, 6) is -1.39. The number of ether oxygens (including phenoxy) is 2. The summed E-state index contributed by atoms with van der Waals surface area (Å²) in [6.07, 6.45) is -1.18. The van der Waals surface area contributed by atoms with Crippen molar-refractivity contribution in [2.24, 2.45) is 5.92 Å². The molecule has 2 fully saturated rings. The van der Waals surface area contributed by atoms with Crippen LogP contribution < -0.4 is 19.4 Å². The average Bonchev–Trinajstić information content (AvgIpc) is 3.43. The molecule has 3 aromatic carbocycles. The highest BCUT2D eigenvalue weighted by molar-refractivity contribution is 9.10. The smallest absolute Gasteiger partial charge is 0.271 e. The first-order valence-electron chi connectivity index (χ1n) is 12.2. The number of carbonyl (C=O) groups excluding carboxylic acids is 2. The van der Waals surface area contributed by atoms with Gasteiger partial charge in [-0.1, -0.05) is 6.07 Å². The van der Waals surface area contributed by atoms with Gasteiger partial charge in [0.05, 0.1) is 40.0 Å². The Bertz CT molecular complexity index is 1450. The molecular formula is C27H24BrN3O8. The summed E-state index contributed by atoms with van der Waals surface area (Å²) in [6.45, 7) is 4.36. The quantitative estimate of drug-likeness (QED) is 0.218. The highest BCUT2D eigenvalue weighted by Gasteiger charge is 2.60. The van der Waals surface area contributed by atoms with Crippen LogP contribution in [0.15, 0.2) is 65.1 Å². The molecule has 1 N–H and O–H groups in total. The van der Waals surface area contributed by atoms with Crippen molar-refractivity contribution >= 4 is 44.8 Å². The number of nitro benzene ring substituents is 1. The number of fused-ring (bicyclic) bond motifs is 1. The molecule has 2 amide bonds. The fourth-order valence-electron chi connectivity index (χ4n) is 4.86. The van der Waals surface area contributed by atoms with Crippen molar-refractivity contribution in [3.05, 3.63) is 80.8 Å². The van der Waals surface area contributed by atoms with E-state index in [1.165, 1.54) is 23.3 Å². The molecule has 39 heavy (non-hydrogen) atoms. The van der Waals surface area contributed by atoms with Crippen LogP contribution in [0.1, 0.15) is 25.5 Å². The van der Waals surface area contributed by atoms with Crippen molar-refractivity contribution in [1.82, 2.24) is 0 Å². The first-order chi connectivity index (χ1) is 18.7. The summed E-state index contributed by atoms with van der Waals surface area (Å²) in [6, 6.07) is 14.6. The van der Waals surface area contributed by atoms with Gasteiger partial charge in [0, 0.05) is 12.1 Å². The highest BCUT2D eigenvalue weighted by atomic mass is 79.9. The molecule has 0 radical (unpaired) electrons. The second-order valence-electron chi connectivity index (χ2n) is 8.82. The summed E-state index contributed by atoms with van der Waals surface area (Å²) >= 11 is 3.34. The molecule has 202 valence electrons. The minimum absolute atomic E-state index is 0.122. The van der Waals surface area contributed by atoms with Crippen LogP contribution in [0.5, 0.6) is 17.2 Å². The normalized spacial score (nSPS) is 20.3. The Morgan fingerprint density at radius 3 is 2.38 bits per heavy atom. The molecule has 3 atom stereocenters. The molecule has 0 aliphatic carbocycles. The average molecular weight is 598 g/mol. The predicted octanol–water partition coefficient (Wildman–Crippen LogP) is 4.91. The molecule has 0 unspecified atom stereocenters. The predicted molar refractivity (Wildman–Crippen MR) is 144 cm³/mol. The van der Waals surface area contributed by atoms with Gasteiger partial charge in [-0.3, -0.25) is 24.5 Å². The lowest BCUT2D eigenvalue weighted by atomic mass is 9.90. The second-order valence-corrected chi connectivity index (χ2v) is 9.68. The number of nitrogens with zero attached hydrogens (tertiary/aromatic N) is 3. The maximum atomic E-state index is 13.9. The third kappa shape index (κ3) is 4.66. The monoisotopic (exact) mass is 597 g/mol. The summed E-state index contributed by atoms with van der Waals surface area (Å²) in [5.41, 5.74) is 0.979. The zero-order valence-corrected chi connectivity index (χ0v) is 22.5. The zero-order valence-electron chi connectivity index (χ0n) is 20.9. The number of carbonyl (C=O) groups is 2. The SMILES string of the molecule is CCOc1ccc(N2C(=O)[C@@H]3[C@@H](ON(c4cccc([N+](=O)[O-])c4)[C@H]3c3cc(Br)c(O)c(OCC)c3)C2=O)cc1. The molecule has 0 aromatic heterocycles. The number of phenolic OH excluding ortho intramolecular Hbond substituents is 1. The van der Waals surface area contributed by atoms with Gasteiger partial charge in [0.1, 0.15) is 11.7 Å². The molecule has 2 aliphatic heterocycles. The van der Waals surface area contributed by atoms with Crippen LogP contribution in [-0.2, 0) is 14.4 Å². The summed E-state index contributed by atoms with van der Waals surface area (Å²) < 4.78 is 11.4. The van der Waals surface area contributed by atoms with Gasteiger partial charge in [-0.25, -0.2) is 9.96 Å². The van der Waals surface area contributed by atoms with E-state index in [1.807, 2.05) is 6.92 Å². The Balaban J connectivity index is 1.60. The number of rotatable bonds is 8. The number of non-ortho nitro benzene ring substituents is 1. The number of amides is 2. The van der Waals surface area contributed by atoms with Crippen LogP contribution in [0.2, 0.25) is 0 Å². The lowest BCUT2D eigenvalue weighted by Crippen LogP contribution is -2.37. The molecule has 0 saturated carbocycles. The van der Waals surface area contributed by atoms with Crippen LogP contribution in [0.4, 0.5) is 17.1 Å². The minimum atomic E-state index is -1.18. The van der Waals surface area contributed by atoms with Gasteiger partial charge in [0.25, 0.3) is 11.6 Å². The van der Waals surface area contributed by atoms with Crippen LogP contribution in [0, 0.1) is 16.0 Å². The Morgan fingerprint density at radius 2 is 1.72 bits per heavy atom. The van der Waals surface area contributed by atoms with E-state index >= 15 is 0 Å². The number of phenols is 1. The lowest BCUT2D eigenvalue weighted by molar-refractivity contribution is -0.384. The van der Waals surface area contributed by atoms with Gasteiger partial charge in [-0.15, -0.1) is 0 Å². The molecule has 3 aromatic rings. The Morgan fingerprint density at radius 1 is 1.00 bits per heavy atom. The van der Waals surface area contributed by atoms with Crippen LogP contribution in [0.3, 0.4) is 0 Å². The molecule has 0 spiro atoms. The topological polar surface area (TPSA) is 132 Å². The van der Waals surface area contributed by atoms with Crippen LogP contribution >= 0.6 is 15.9 Å². The lowest BCUT2D eigenvalue weighted by Gasteiger charge is -2.29. The van der Waals surface area contributed by atoms with Gasteiger partial charge in [-0.05, 0) is 77.8 Å². The number of hydrogen-bond acceptors (Lipinski definition) is 9. The van der Waals surface area contributed by atoms with E-state index in [2.05, 4.69) is 15.9 Å². The highest BCUT2D eigenvalue weighted by Crippen LogP contribution is 2.50. The fraction of sp³-hybridized carbons (Fsp3) is 0.259. The number of anilines is 2. The Labute approximate surface area is 231 Å². The summed E-state index contributed by atoms with van der Waals surface area (Å²) in [5, 5.41) is 23.3. The van der Waals surface area contributed by atoms with Crippen molar-refractivity contribution in [2.45, 2.75) is 26.0 Å². The first kappa shape index (κ1) is 26.4. The van der Waals surface area contributed by atoms with Crippen molar-refractivity contribution in [1.29, 1.82) is 0 Å². The molecule has 0 bridgehead atoms. The standard InChI is InChI=1S/C27H24BrN3O8/c1-3-37-19-10-8-16(9-11-19)29-26(33)22-23(15-12-20(28)24(32)21(13-15)38-4-2)30(39-25(22)27(29)34)17-6-5-7-18(14-17)31(35)36/h5-14,22-23,25,32H,3-4H2,1-2H3/t22-,23-,25+/m0/s1. The van der Waals surface area contributed by atoms with Crippen molar-refractivity contribution in [3.8, 4) is 17.2 Å². The summed E-state index contributed by atoms with van der Waals surface area (Å²) in [7, 11) is 0. The molecule has 2 heterocycles. The maximum absolute atomic E-state index is 13.9. The zero-order chi connectivity index (χ0) is 27.8. The molecule has 12 heteroatoms. The van der Waals surface area contributed by atoms with E-state index < -0.39 is 34.8 Å². The largest absolute Gasteiger partial charge is 0.503 e. The van der Waals surface area contributed by atoms with Crippen molar-refractivity contribution < 1.29 is 33.9 Å². The fourth-order valence-corrected chi connectivity index (χ4v) is 5.32. The van der Waals surface area contributed by atoms with E-state index in [9.17, 15) is 24.8 Å². The van der Waals surface area contributed by atoms with E-state index in [1.54, 1.807) is 49.4 Å². The Kier molecular flexibility index (Phi) is 7.15. The second kappa shape index (κ2) is 10.5. The first-order valence-corrected chi connectivity index (χ1v) is 13.0. The number of nitro groups is 1. The number of benzene rings is 3. The van der Waals surface area contributed by atoms with E-state index in [-0.39, 0.29) is 23.8 Å². The molecular weight excluding hydrogens is 574 g/mol. The van der Waals surface area contributed by atoms with E-state index in [0.717, 1.165) is 4.90 Å². The number of halogens is 1. The van der Waals surface area contributed by atoms with Gasteiger partial charge in [0.2, 0.25) is 5.91 Å². The van der Waals surface area contributed by atoms with Gasteiger partial charge >= 0.3 is 0 Å².